The molecule has 25 heavy (non-hydrogen) atoms. The van der Waals surface area contributed by atoms with Gasteiger partial charge in [0.15, 0.2) is 0 Å². The number of aryl methyl sites for hydroxylation is 1. The Morgan fingerprint density at radius 2 is 1.64 bits per heavy atom. The number of carbonyl (C=O) groups is 3. The van der Waals surface area contributed by atoms with Crippen molar-refractivity contribution >= 4 is 23.3 Å². The average molecular weight is 345 g/mol. The maximum absolute atomic E-state index is 12.2. The van der Waals surface area contributed by atoms with Crippen LogP contribution >= 0.6 is 0 Å². The second kappa shape index (κ2) is 8.65. The minimum atomic E-state index is -0.666. The number of anilines is 1. The van der Waals surface area contributed by atoms with Gasteiger partial charge in [-0.1, -0.05) is 31.5 Å². The number of hydrogen-bond donors (Lipinski definition) is 1. The molecule has 1 aliphatic rings. The zero-order valence-electron chi connectivity index (χ0n) is 15.2. The zero-order valence-corrected chi connectivity index (χ0v) is 15.2. The second-order valence-electron chi connectivity index (χ2n) is 6.91. The first-order valence-corrected chi connectivity index (χ1v) is 8.77. The summed E-state index contributed by atoms with van der Waals surface area (Å²) in [7, 11) is 0. The number of nitrogens with zero attached hydrogens (tertiary/aromatic N) is 2. The highest BCUT2D eigenvalue weighted by molar-refractivity contribution is 6.36. The van der Waals surface area contributed by atoms with Gasteiger partial charge in [0.25, 0.3) is 5.91 Å². The van der Waals surface area contributed by atoms with Crippen molar-refractivity contribution in [1.29, 1.82) is 0 Å². The minimum Gasteiger partial charge on any atom is -0.368 e. The number of carbonyl (C=O) groups excluding carboxylic acids is 3. The molecule has 0 aromatic heterocycles. The van der Waals surface area contributed by atoms with E-state index in [4.69, 9.17) is 0 Å². The van der Waals surface area contributed by atoms with Gasteiger partial charge in [-0.25, -0.2) is 0 Å². The van der Waals surface area contributed by atoms with Crippen molar-refractivity contribution in [2.45, 2.75) is 27.2 Å². The van der Waals surface area contributed by atoms with Crippen molar-refractivity contribution in [1.82, 2.24) is 10.2 Å². The van der Waals surface area contributed by atoms with Gasteiger partial charge in [0.05, 0.1) is 6.54 Å². The molecule has 0 saturated carbocycles. The topological polar surface area (TPSA) is 69.7 Å². The summed E-state index contributed by atoms with van der Waals surface area (Å²) >= 11 is 0. The van der Waals surface area contributed by atoms with E-state index in [1.807, 2.05) is 13.8 Å². The Bertz CT molecular complexity index is 617. The van der Waals surface area contributed by atoms with E-state index in [1.54, 1.807) is 4.90 Å². The molecule has 136 valence electrons. The van der Waals surface area contributed by atoms with Crippen LogP contribution in [0.5, 0.6) is 0 Å². The molecule has 1 saturated heterocycles. The molecule has 0 atom stereocenters. The second-order valence-corrected chi connectivity index (χ2v) is 6.91. The first kappa shape index (κ1) is 19.0. The van der Waals surface area contributed by atoms with Gasteiger partial charge in [-0.3, -0.25) is 14.4 Å². The van der Waals surface area contributed by atoms with Gasteiger partial charge in [0, 0.05) is 38.3 Å². The lowest BCUT2D eigenvalue weighted by Crippen LogP contribution is -2.51. The molecule has 2 amide bonds. The van der Waals surface area contributed by atoms with Crippen molar-refractivity contribution in [2.24, 2.45) is 5.92 Å². The fourth-order valence-electron chi connectivity index (χ4n) is 2.80. The molecule has 1 aliphatic heterocycles. The summed E-state index contributed by atoms with van der Waals surface area (Å²) < 4.78 is 0. The molecule has 6 heteroatoms. The summed E-state index contributed by atoms with van der Waals surface area (Å²) in [4.78, 5) is 39.5. The minimum absolute atomic E-state index is 0.118. The summed E-state index contributed by atoms with van der Waals surface area (Å²) in [5.41, 5.74) is 2.38. The van der Waals surface area contributed by atoms with Gasteiger partial charge in [0.2, 0.25) is 11.7 Å². The van der Waals surface area contributed by atoms with E-state index in [2.05, 4.69) is 41.4 Å². The third-order valence-electron chi connectivity index (χ3n) is 4.28. The maximum atomic E-state index is 12.2. The van der Waals surface area contributed by atoms with E-state index < -0.39 is 11.7 Å². The third-order valence-corrected chi connectivity index (χ3v) is 4.28. The summed E-state index contributed by atoms with van der Waals surface area (Å²) in [6, 6.07) is 8.34. The number of nitrogens with one attached hydrogen (secondary N) is 1. The van der Waals surface area contributed by atoms with E-state index in [1.165, 1.54) is 5.56 Å². The van der Waals surface area contributed by atoms with Gasteiger partial charge < -0.3 is 15.1 Å². The molecule has 1 aromatic carbocycles. The normalized spacial score (nSPS) is 14.6. The predicted molar refractivity (Wildman–Crippen MR) is 97.4 cm³/mol. The number of rotatable bonds is 6. The fraction of sp³-hybridized carbons (Fsp3) is 0.526. The van der Waals surface area contributed by atoms with Crippen LogP contribution in [0, 0.1) is 12.8 Å². The molecule has 1 aromatic rings. The molecule has 0 unspecified atom stereocenters. The summed E-state index contributed by atoms with van der Waals surface area (Å²) in [5.74, 6) is -1.15. The van der Waals surface area contributed by atoms with Crippen LogP contribution in [-0.4, -0.2) is 55.2 Å². The Labute approximate surface area is 149 Å². The van der Waals surface area contributed by atoms with Crippen molar-refractivity contribution in [3.05, 3.63) is 29.8 Å². The molecule has 0 bridgehead atoms. The number of ketones is 1. The molecule has 0 aliphatic carbocycles. The quantitative estimate of drug-likeness (QED) is 0.791. The van der Waals surface area contributed by atoms with E-state index in [0.29, 0.717) is 13.1 Å². The van der Waals surface area contributed by atoms with Crippen LogP contribution in [0.1, 0.15) is 25.8 Å². The largest absolute Gasteiger partial charge is 0.368 e. The summed E-state index contributed by atoms with van der Waals surface area (Å²) in [6.45, 7) is 8.44. The lowest BCUT2D eigenvalue weighted by molar-refractivity contribution is -0.140. The van der Waals surface area contributed by atoms with Gasteiger partial charge in [-0.2, -0.15) is 0 Å². The highest BCUT2D eigenvalue weighted by Gasteiger charge is 2.22. The average Bonchev–Trinajstić information content (AvgIpc) is 2.59. The van der Waals surface area contributed by atoms with Gasteiger partial charge >= 0.3 is 0 Å². The monoisotopic (exact) mass is 345 g/mol. The number of amides is 2. The van der Waals surface area contributed by atoms with E-state index >= 15 is 0 Å². The van der Waals surface area contributed by atoms with Crippen molar-refractivity contribution < 1.29 is 14.4 Å². The molecule has 0 radical (unpaired) electrons. The lowest BCUT2D eigenvalue weighted by Gasteiger charge is -2.36. The number of piperazine rings is 1. The molecule has 2 rings (SSSR count). The van der Waals surface area contributed by atoms with Crippen LogP contribution in [-0.2, 0) is 14.4 Å². The van der Waals surface area contributed by atoms with Gasteiger partial charge in [0.1, 0.15) is 0 Å². The lowest BCUT2D eigenvalue weighted by atomic mass is 10.1. The first-order chi connectivity index (χ1) is 11.9. The highest BCUT2D eigenvalue weighted by atomic mass is 16.2. The molecule has 1 N–H and O–H groups in total. The van der Waals surface area contributed by atoms with Gasteiger partial charge in [-0.05, 0) is 25.0 Å². The molecule has 6 nitrogen and oxygen atoms in total. The Hall–Kier alpha value is -2.37. The number of Topliss-reactive ketones (excluding diaryl/α,β-unsaturated/α-hetero) is 1. The first-order valence-electron chi connectivity index (χ1n) is 8.77. The standard InChI is InChI=1S/C19H27N3O3/c1-14(2)12-17(23)19(25)20-13-18(24)22-10-8-21(9-11-22)16-6-4-15(3)5-7-16/h4-7,14H,8-13H2,1-3H3,(H,20,25). The van der Waals surface area contributed by atoms with Crippen LogP contribution in [0.4, 0.5) is 5.69 Å². The highest BCUT2D eigenvalue weighted by Crippen LogP contribution is 2.17. The number of benzene rings is 1. The maximum Gasteiger partial charge on any atom is 0.287 e. The Morgan fingerprint density at radius 1 is 1.04 bits per heavy atom. The molecular weight excluding hydrogens is 318 g/mol. The SMILES string of the molecule is Cc1ccc(N2CCN(C(=O)CNC(=O)C(=O)CC(C)C)CC2)cc1. The zero-order chi connectivity index (χ0) is 18.4. The molecular formula is C19H27N3O3. The Kier molecular flexibility index (Phi) is 6.56. The van der Waals surface area contributed by atoms with E-state index in [0.717, 1.165) is 18.8 Å². The van der Waals surface area contributed by atoms with Crippen LogP contribution in [0.25, 0.3) is 0 Å². The summed E-state index contributed by atoms with van der Waals surface area (Å²) in [5, 5.41) is 2.44. The molecule has 1 heterocycles. The van der Waals surface area contributed by atoms with Gasteiger partial charge in [-0.15, -0.1) is 0 Å². The molecule has 0 spiro atoms. The predicted octanol–water partition coefficient (Wildman–Crippen LogP) is 1.38. The van der Waals surface area contributed by atoms with Crippen molar-refractivity contribution in [2.75, 3.05) is 37.6 Å². The fourth-order valence-corrected chi connectivity index (χ4v) is 2.80. The van der Waals surface area contributed by atoms with Crippen LogP contribution in [0.2, 0.25) is 0 Å². The summed E-state index contributed by atoms with van der Waals surface area (Å²) in [6.07, 6.45) is 0.204. The molecule has 1 fully saturated rings. The Balaban J connectivity index is 1.76. The van der Waals surface area contributed by atoms with Crippen molar-refractivity contribution in [3.63, 3.8) is 0 Å². The van der Waals surface area contributed by atoms with Crippen LogP contribution in [0.3, 0.4) is 0 Å². The van der Waals surface area contributed by atoms with Crippen molar-refractivity contribution in [3.8, 4) is 0 Å². The van der Waals surface area contributed by atoms with Crippen LogP contribution < -0.4 is 10.2 Å². The third kappa shape index (κ3) is 5.59. The van der Waals surface area contributed by atoms with E-state index in [9.17, 15) is 14.4 Å². The van der Waals surface area contributed by atoms with Crippen LogP contribution in [0.15, 0.2) is 24.3 Å². The van der Waals surface area contributed by atoms with E-state index in [-0.39, 0.29) is 24.8 Å². The smallest absolute Gasteiger partial charge is 0.287 e. The number of hydrogen-bond acceptors (Lipinski definition) is 4. The Morgan fingerprint density at radius 3 is 2.20 bits per heavy atom.